The van der Waals surface area contributed by atoms with Crippen LogP contribution < -0.4 is 14.8 Å². The molecule has 1 aliphatic heterocycles. The summed E-state index contributed by atoms with van der Waals surface area (Å²) < 4.78 is 11.7. The van der Waals surface area contributed by atoms with Crippen LogP contribution in [0.4, 0.5) is 0 Å². The zero-order valence-electron chi connectivity index (χ0n) is 20.0. The van der Waals surface area contributed by atoms with Crippen molar-refractivity contribution in [3.63, 3.8) is 0 Å². The highest BCUT2D eigenvalue weighted by Crippen LogP contribution is 2.34. The standard InChI is InChI=1S/C28H32N2O4/c1-30(2)21(15-19-9-5-4-6-10-19)18-24-23(27(31)29-28(24)32)16-20-13-14-25(26(17-20)33-3)34-22-11-7-8-12-22/h4-6,9-10,13-17,22,24H,7-8,11-12,18H2,1-3H3,(H,29,31,32). The zero-order chi connectivity index (χ0) is 24.1. The minimum absolute atomic E-state index is 0.224. The number of allylic oxidation sites excluding steroid dienone is 1. The van der Waals surface area contributed by atoms with Crippen LogP contribution in [0.2, 0.25) is 0 Å². The molecule has 1 saturated carbocycles. The first-order valence-electron chi connectivity index (χ1n) is 11.8. The van der Waals surface area contributed by atoms with Gasteiger partial charge in [-0.3, -0.25) is 14.9 Å². The van der Waals surface area contributed by atoms with Crippen molar-refractivity contribution < 1.29 is 19.1 Å². The van der Waals surface area contributed by atoms with Crippen LogP contribution in [0.5, 0.6) is 11.5 Å². The Morgan fingerprint density at radius 3 is 2.44 bits per heavy atom. The fourth-order valence-corrected chi connectivity index (χ4v) is 4.50. The minimum Gasteiger partial charge on any atom is -0.493 e. The number of methoxy groups -OCH3 is 1. The van der Waals surface area contributed by atoms with Gasteiger partial charge in [-0.15, -0.1) is 0 Å². The molecule has 0 radical (unpaired) electrons. The quantitative estimate of drug-likeness (QED) is 0.458. The number of ether oxygens (including phenoxy) is 2. The lowest BCUT2D eigenvalue weighted by Crippen LogP contribution is -2.23. The first-order chi connectivity index (χ1) is 16.4. The summed E-state index contributed by atoms with van der Waals surface area (Å²) in [5.41, 5.74) is 3.25. The third-order valence-corrected chi connectivity index (χ3v) is 6.42. The fourth-order valence-electron chi connectivity index (χ4n) is 4.50. The Bertz CT molecular complexity index is 1100. The predicted octanol–water partition coefficient (Wildman–Crippen LogP) is 4.67. The zero-order valence-corrected chi connectivity index (χ0v) is 20.0. The summed E-state index contributed by atoms with van der Waals surface area (Å²) >= 11 is 0. The van der Waals surface area contributed by atoms with Crippen LogP contribution in [0.15, 0.2) is 59.8 Å². The van der Waals surface area contributed by atoms with Gasteiger partial charge in [0.1, 0.15) is 0 Å². The second-order valence-electron chi connectivity index (χ2n) is 9.05. The molecule has 4 rings (SSSR count). The first-order valence-corrected chi connectivity index (χ1v) is 11.8. The monoisotopic (exact) mass is 460 g/mol. The van der Waals surface area contributed by atoms with Crippen LogP contribution in [0, 0.1) is 5.92 Å². The fraction of sp³-hybridized carbons (Fsp3) is 0.357. The van der Waals surface area contributed by atoms with Crippen LogP contribution >= 0.6 is 0 Å². The van der Waals surface area contributed by atoms with E-state index in [0.717, 1.165) is 29.7 Å². The van der Waals surface area contributed by atoms with Crippen molar-refractivity contribution in [2.45, 2.75) is 38.2 Å². The van der Waals surface area contributed by atoms with E-state index in [2.05, 4.69) is 5.32 Å². The van der Waals surface area contributed by atoms with Gasteiger partial charge in [0.2, 0.25) is 5.91 Å². The number of imide groups is 1. The molecule has 1 atom stereocenters. The number of carbonyl (C=O) groups is 2. The average Bonchev–Trinajstić information content (AvgIpc) is 3.43. The summed E-state index contributed by atoms with van der Waals surface area (Å²) in [5, 5.41) is 2.49. The maximum atomic E-state index is 12.7. The Hall–Kier alpha value is -3.54. The Balaban J connectivity index is 1.60. The lowest BCUT2D eigenvalue weighted by atomic mass is 9.93. The van der Waals surface area contributed by atoms with E-state index in [1.807, 2.05) is 73.6 Å². The van der Waals surface area contributed by atoms with Crippen molar-refractivity contribution in [1.29, 1.82) is 0 Å². The number of hydrogen-bond donors (Lipinski definition) is 1. The molecular weight excluding hydrogens is 428 g/mol. The normalized spacial score (nSPS) is 20.0. The van der Waals surface area contributed by atoms with Gasteiger partial charge in [0.25, 0.3) is 5.91 Å². The molecule has 2 fully saturated rings. The molecule has 2 aromatic rings. The Labute approximate surface area is 201 Å². The highest BCUT2D eigenvalue weighted by molar-refractivity contribution is 6.17. The number of benzene rings is 2. The molecule has 2 aromatic carbocycles. The van der Waals surface area contributed by atoms with Gasteiger partial charge in [-0.1, -0.05) is 36.4 Å². The van der Waals surface area contributed by atoms with E-state index in [1.165, 1.54) is 12.8 Å². The van der Waals surface area contributed by atoms with Crippen molar-refractivity contribution in [3.8, 4) is 11.5 Å². The van der Waals surface area contributed by atoms with Crippen LogP contribution in [0.1, 0.15) is 43.2 Å². The molecule has 0 aromatic heterocycles. The van der Waals surface area contributed by atoms with Gasteiger partial charge < -0.3 is 14.4 Å². The Morgan fingerprint density at radius 1 is 1.03 bits per heavy atom. The number of nitrogens with zero attached hydrogens (tertiary/aromatic N) is 1. The van der Waals surface area contributed by atoms with E-state index in [9.17, 15) is 9.59 Å². The highest BCUT2D eigenvalue weighted by Gasteiger charge is 2.37. The molecule has 34 heavy (non-hydrogen) atoms. The molecule has 1 N–H and O–H groups in total. The number of nitrogens with one attached hydrogen (secondary N) is 1. The van der Waals surface area contributed by atoms with Gasteiger partial charge >= 0.3 is 0 Å². The highest BCUT2D eigenvalue weighted by atomic mass is 16.5. The second kappa shape index (κ2) is 10.6. The smallest absolute Gasteiger partial charge is 0.254 e. The molecule has 1 unspecified atom stereocenters. The number of rotatable bonds is 8. The first kappa shape index (κ1) is 23.6. The lowest BCUT2D eigenvalue weighted by molar-refractivity contribution is -0.125. The second-order valence-corrected chi connectivity index (χ2v) is 9.05. The number of hydrogen-bond acceptors (Lipinski definition) is 5. The van der Waals surface area contributed by atoms with Crippen LogP contribution in [0.25, 0.3) is 12.2 Å². The molecule has 1 aliphatic carbocycles. The van der Waals surface area contributed by atoms with Gasteiger partial charge in [0.15, 0.2) is 11.5 Å². The van der Waals surface area contributed by atoms with Crippen molar-refractivity contribution in [2.24, 2.45) is 5.92 Å². The van der Waals surface area contributed by atoms with E-state index >= 15 is 0 Å². The maximum absolute atomic E-state index is 12.7. The summed E-state index contributed by atoms with van der Waals surface area (Å²) in [5.74, 6) is 0.148. The molecule has 2 amide bonds. The largest absolute Gasteiger partial charge is 0.493 e. The van der Waals surface area contributed by atoms with Gasteiger partial charge in [-0.2, -0.15) is 0 Å². The topological polar surface area (TPSA) is 67.9 Å². The third kappa shape index (κ3) is 5.50. The van der Waals surface area contributed by atoms with E-state index in [0.29, 0.717) is 23.5 Å². The van der Waals surface area contributed by atoms with Gasteiger partial charge in [0, 0.05) is 31.8 Å². The molecule has 0 spiro atoms. The van der Waals surface area contributed by atoms with Crippen molar-refractivity contribution in [1.82, 2.24) is 10.2 Å². The summed E-state index contributed by atoms with van der Waals surface area (Å²) in [4.78, 5) is 27.4. The number of carbonyl (C=O) groups excluding carboxylic acids is 2. The molecule has 6 heteroatoms. The SMILES string of the molecule is COc1cc(C=C2C(=O)NC(=O)C2CC(=Cc2ccccc2)N(C)C)ccc1OC1CCCC1. The summed E-state index contributed by atoms with van der Waals surface area (Å²) in [6.45, 7) is 0. The van der Waals surface area contributed by atoms with Crippen LogP contribution in [-0.4, -0.2) is 44.0 Å². The van der Waals surface area contributed by atoms with Gasteiger partial charge in [-0.05, 0) is 61.1 Å². The van der Waals surface area contributed by atoms with Crippen molar-refractivity contribution in [3.05, 3.63) is 70.9 Å². The molecule has 1 saturated heterocycles. The molecule has 0 bridgehead atoms. The summed E-state index contributed by atoms with van der Waals surface area (Å²) in [7, 11) is 5.50. The van der Waals surface area contributed by atoms with Crippen LogP contribution in [-0.2, 0) is 9.59 Å². The van der Waals surface area contributed by atoms with Gasteiger partial charge in [0.05, 0.1) is 19.1 Å². The van der Waals surface area contributed by atoms with Crippen molar-refractivity contribution >= 4 is 24.0 Å². The maximum Gasteiger partial charge on any atom is 0.254 e. The summed E-state index contributed by atoms with van der Waals surface area (Å²) in [6.07, 6.45) is 8.97. The predicted molar refractivity (Wildman–Crippen MR) is 133 cm³/mol. The average molecular weight is 461 g/mol. The van der Waals surface area contributed by atoms with Crippen molar-refractivity contribution in [2.75, 3.05) is 21.2 Å². The molecule has 2 aliphatic rings. The molecule has 6 nitrogen and oxygen atoms in total. The Kier molecular flexibility index (Phi) is 7.36. The summed E-state index contributed by atoms with van der Waals surface area (Å²) in [6, 6.07) is 15.6. The third-order valence-electron chi connectivity index (χ3n) is 6.42. The minimum atomic E-state index is -0.565. The number of amides is 2. The molecule has 178 valence electrons. The lowest BCUT2D eigenvalue weighted by Gasteiger charge is -2.20. The van der Waals surface area contributed by atoms with E-state index in [4.69, 9.17) is 9.47 Å². The molecule has 1 heterocycles. The van der Waals surface area contributed by atoms with E-state index in [-0.39, 0.29) is 17.9 Å². The van der Waals surface area contributed by atoms with Crippen LogP contribution in [0.3, 0.4) is 0 Å². The van der Waals surface area contributed by atoms with E-state index < -0.39 is 5.92 Å². The Morgan fingerprint density at radius 2 is 1.76 bits per heavy atom. The molecular formula is C28H32N2O4. The van der Waals surface area contributed by atoms with Gasteiger partial charge in [-0.25, -0.2) is 0 Å². The van der Waals surface area contributed by atoms with E-state index in [1.54, 1.807) is 13.2 Å².